The Morgan fingerprint density at radius 2 is 1.64 bits per heavy atom. The second-order valence-electron chi connectivity index (χ2n) is 6.09. The van der Waals surface area contributed by atoms with E-state index in [0.717, 1.165) is 23.3 Å². The molecule has 0 fully saturated rings. The number of benzene rings is 2. The van der Waals surface area contributed by atoms with Gasteiger partial charge in [-0.05, 0) is 41.8 Å². The summed E-state index contributed by atoms with van der Waals surface area (Å²) in [6.45, 7) is 1.68. The van der Waals surface area contributed by atoms with E-state index in [1.807, 2.05) is 31.2 Å². The normalized spacial score (nSPS) is 12.4. The van der Waals surface area contributed by atoms with Gasteiger partial charge in [-0.2, -0.15) is 0 Å². The molecule has 0 saturated carbocycles. The molecule has 0 radical (unpaired) electrons. The van der Waals surface area contributed by atoms with Crippen LogP contribution in [0.3, 0.4) is 0 Å². The Bertz CT molecular complexity index is 802. The minimum atomic E-state index is -4.67. The first-order chi connectivity index (χ1) is 13.3. The molecule has 0 unspecified atom stereocenters. The smallest absolute Gasteiger partial charge is 0.469 e. The number of ether oxygens (including phenoxy) is 1. The van der Waals surface area contributed by atoms with Gasteiger partial charge in [0, 0.05) is 5.56 Å². The number of carbonyl (C=O) groups excluding carboxylic acids is 1. The first-order valence-electron chi connectivity index (χ1n) is 8.77. The van der Waals surface area contributed by atoms with Crippen molar-refractivity contribution in [3.8, 4) is 16.9 Å². The van der Waals surface area contributed by atoms with Gasteiger partial charge in [-0.1, -0.05) is 31.2 Å². The molecule has 0 spiro atoms. The minimum Gasteiger partial charge on any atom is -0.494 e. The average Bonchev–Trinajstić information content (AvgIpc) is 2.69. The number of aliphatic hydroxyl groups is 1. The molecule has 0 aliphatic carbocycles. The summed E-state index contributed by atoms with van der Waals surface area (Å²) in [5.74, 6) is 0.317. The molecule has 0 aromatic heterocycles. The van der Waals surface area contributed by atoms with E-state index in [4.69, 9.17) is 14.5 Å². The van der Waals surface area contributed by atoms with Gasteiger partial charge in [0.2, 0.25) is 0 Å². The van der Waals surface area contributed by atoms with Crippen LogP contribution in [0, 0.1) is 0 Å². The third-order valence-electron chi connectivity index (χ3n) is 3.81. The lowest BCUT2D eigenvalue weighted by atomic mass is 10.0. The zero-order valence-electron chi connectivity index (χ0n) is 15.4. The highest BCUT2D eigenvalue weighted by Crippen LogP contribution is 2.35. The molecule has 152 valence electrons. The van der Waals surface area contributed by atoms with Gasteiger partial charge in [0.15, 0.2) is 0 Å². The number of phosphoric ester groups is 1. The highest BCUT2D eigenvalue weighted by Gasteiger charge is 2.19. The number of amides is 1. The second kappa shape index (κ2) is 10.4. The Morgan fingerprint density at radius 3 is 2.14 bits per heavy atom. The van der Waals surface area contributed by atoms with Crippen molar-refractivity contribution in [3.05, 3.63) is 54.1 Å². The monoisotopic (exact) mass is 409 g/mol. The van der Waals surface area contributed by atoms with Crippen molar-refractivity contribution in [2.75, 3.05) is 19.8 Å². The Balaban J connectivity index is 1.99. The quantitative estimate of drug-likeness (QED) is 0.444. The van der Waals surface area contributed by atoms with Crippen LogP contribution in [0.25, 0.3) is 11.1 Å². The van der Waals surface area contributed by atoms with Gasteiger partial charge < -0.3 is 24.9 Å². The summed E-state index contributed by atoms with van der Waals surface area (Å²) in [5, 5.41) is 11.7. The van der Waals surface area contributed by atoms with Crippen LogP contribution in [0.1, 0.15) is 23.7 Å². The lowest BCUT2D eigenvalue weighted by molar-refractivity contribution is 0.0867. The van der Waals surface area contributed by atoms with E-state index in [0.29, 0.717) is 12.2 Å². The van der Waals surface area contributed by atoms with Gasteiger partial charge in [-0.15, -0.1) is 0 Å². The van der Waals surface area contributed by atoms with Crippen molar-refractivity contribution in [3.63, 3.8) is 0 Å². The highest BCUT2D eigenvalue weighted by atomic mass is 31.2. The Morgan fingerprint density at radius 1 is 1.07 bits per heavy atom. The maximum Gasteiger partial charge on any atom is 0.469 e. The van der Waals surface area contributed by atoms with Crippen LogP contribution in [-0.4, -0.2) is 46.7 Å². The van der Waals surface area contributed by atoms with Crippen LogP contribution < -0.4 is 10.1 Å². The zero-order chi connectivity index (χ0) is 20.6. The summed E-state index contributed by atoms with van der Waals surface area (Å²) in [5.41, 5.74) is 2.24. The number of aliphatic hydroxyl groups excluding tert-OH is 1. The molecule has 0 aliphatic rings. The molecule has 1 atom stereocenters. The molecular weight excluding hydrogens is 385 g/mol. The highest BCUT2D eigenvalue weighted by molar-refractivity contribution is 7.46. The first kappa shape index (κ1) is 22.1. The van der Waals surface area contributed by atoms with E-state index in [1.54, 1.807) is 24.3 Å². The molecule has 2 rings (SSSR count). The topological polar surface area (TPSA) is 125 Å². The predicted octanol–water partition coefficient (Wildman–Crippen LogP) is 2.34. The SMILES string of the molecule is CCCOc1ccc(-c2ccc(C(=O)N[C@H](CO)COP(=O)(O)O)cc2)cc1. The standard InChI is InChI=1S/C19H24NO7P/c1-2-11-26-18-9-7-15(8-10-18)14-3-5-16(6-4-14)19(22)20-17(12-21)13-27-28(23,24)25/h3-10,17,21H,2,11-13H2,1H3,(H,20,22)(H2,23,24,25)/t17-/m1/s1. The summed E-state index contributed by atoms with van der Waals surface area (Å²) in [6.07, 6.45) is 0.938. The lowest BCUT2D eigenvalue weighted by Gasteiger charge is -2.16. The number of hydrogen-bond donors (Lipinski definition) is 4. The molecule has 1 amide bonds. The van der Waals surface area contributed by atoms with Crippen LogP contribution in [0.2, 0.25) is 0 Å². The van der Waals surface area contributed by atoms with Gasteiger partial charge in [0.25, 0.3) is 5.91 Å². The third-order valence-corrected chi connectivity index (χ3v) is 4.29. The van der Waals surface area contributed by atoms with Crippen molar-refractivity contribution in [2.24, 2.45) is 0 Å². The van der Waals surface area contributed by atoms with E-state index in [2.05, 4.69) is 9.84 Å². The molecule has 9 heteroatoms. The number of hydrogen-bond acceptors (Lipinski definition) is 5. The molecule has 2 aromatic rings. The van der Waals surface area contributed by atoms with E-state index in [-0.39, 0.29) is 0 Å². The van der Waals surface area contributed by atoms with E-state index in [1.165, 1.54) is 0 Å². The Labute approximate surface area is 163 Å². The second-order valence-corrected chi connectivity index (χ2v) is 7.33. The van der Waals surface area contributed by atoms with Crippen molar-refractivity contribution in [1.29, 1.82) is 0 Å². The molecule has 28 heavy (non-hydrogen) atoms. The molecule has 4 N–H and O–H groups in total. The molecule has 8 nitrogen and oxygen atoms in total. The van der Waals surface area contributed by atoms with Crippen molar-refractivity contribution < 1.29 is 33.5 Å². The first-order valence-corrected chi connectivity index (χ1v) is 10.3. The van der Waals surface area contributed by atoms with E-state index < -0.39 is 33.0 Å². The summed E-state index contributed by atoms with van der Waals surface area (Å²) in [7, 11) is -4.67. The van der Waals surface area contributed by atoms with E-state index >= 15 is 0 Å². The van der Waals surface area contributed by atoms with Crippen LogP contribution >= 0.6 is 7.82 Å². The van der Waals surface area contributed by atoms with Gasteiger partial charge in [0.1, 0.15) is 5.75 Å². The van der Waals surface area contributed by atoms with Crippen LogP contribution in [-0.2, 0) is 9.09 Å². The molecule has 0 aliphatic heterocycles. The Kier molecular flexibility index (Phi) is 8.17. The van der Waals surface area contributed by atoms with Crippen molar-refractivity contribution >= 4 is 13.7 Å². The zero-order valence-corrected chi connectivity index (χ0v) is 16.3. The van der Waals surface area contributed by atoms with Crippen molar-refractivity contribution in [1.82, 2.24) is 5.32 Å². The molecular formula is C19H24NO7P. The Hall–Kier alpha value is -2.22. The van der Waals surface area contributed by atoms with Crippen LogP contribution in [0.5, 0.6) is 5.75 Å². The van der Waals surface area contributed by atoms with Gasteiger partial charge in [0.05, 0.1) is 25.9 Å². The lowest BCUT2D eigenvalue weighted by Crippen LogP contribution is -2.40. The summed E-state index contributed by atoms with van der Waals surface area (Å²) in [6, 6.07) is 13.5. The molecule has 0 heterocycles. The third kappa shape index (κ3) is 7.07. The number of carbonyl (C=O) groups is 1. The summed E-state index contributed by atoms with van der Waals surface area (Å²) in [4.78, 5) is 29.6. The predicted molar refractivity (Wildman–Crippen MR) is 104 cm³/mol. The molecule has 0 saturated heterocycles. The fourth-order valence-electron chi connectivity index (χ4n) is 2.37. The fourth-order valence-corrected chi connectivity index (χ4v) is 2.75. The van der Waals surface area contributed by atoms with Crippen LogP contribution in [0.4, 0.5) is 0 Å². The summed E-state index contributed by atoms with van der Waals surface area (Å²) >= 11 is 0. The number of nitrogens with one attached hydrogen (secondary N) is 1. The van der Waals surface area contributed by atoms with Crippen molar-refractivity contribution in [2.45, 2.75) is 19.4 Å². The van der Waals surface area contributed by atoms with Gasteiger partial charge >= 0.3 is 7.82 Å². The average molecular weight is 409 g/mol. The number of phosphoric acid groups is 1. The van der Waals surface area contributed by atoms with Crippen LogP contribution in [0.15, 0.2) is 48.5 Å². The maximum absolute atomic E-state index is 12.2. The van der Waals surface area contributed by atoms with Gasteiger partial charge in [-0.25, -0.2) is 4.57 Å². The fraction of sp³-hybridized carbons (Fsp3) is 0.316. The van der Waals surface area contributed by atoms with Gasteiger partial charge in [-0.3, -0.25) is 9.32 Å². The largest absolute Gasteiger partial charge is 0.494 e. The number of rotatable bonds is 10. The molecule has 0 bridgehead atoms. The molecule has 2 aromatic carbocycles. The maximum atomic E-state index is 12.2. The summed E-state index contributed by atoms with van der Waals surface area (Å²) < 4.78 is 20.6. The van der Waals surface area contributed by atoms with E-state index in [9.17, 15) is 14.5 Å². The minimum absolute atomic E-state index is 0.348.